The average molecular weight is 272 g/mol. The minimum Gasteiger partial charge on any atom is -0.355 e. The molecule has 0 saturated heterocycles. The Bertz CT molecular complexity index is 494. The summed E-state index contributed by atoms with van der Waals surface area (Å²) in [5.41, 5.74) is 8.74. The van der Waals surface area contributed by atoms with E-state index in [2.05, 4.69) is 29.6 Å². The number of amides is 1. The fraction of sp³-hybridized carbons (Fsp3) is 0.588. The molecule has 1 amide bonds. The van der Waals surface area contributed by atoms with Crippen molar-refractivity contribution in [1.82, 2.24) is 5.32 Å². The zero-order valence-electron chi connectivity index (χ0n) is 12.0. The van der Waals surface area contributed by atoms with Gasteiger partial charge in [-0.1, -0.05) is 24.3 Å². The lowest BCUT2D eigenvalue weighted by molar-refractivity contribution is -0.125. The predicted octanol–water partition coefficient (Wildman–Crippen LogP) is 2.04. The first-order valence-electron chi connectivity index (χ1n) is 7.77. The van der Waals surface area contributed by atoms with Crippen molar-refractivity contribution in [2.75, 3.05) is 13.1 Å². The summed E-state index contributed by atoms with van der Waals surface area (Å²) in [4.78, 5) is 12.3. The number of nitrogens with one attached hydrogen (secondary N) is 1. The number of carbonyl (C=O) groups excluding carboxylic acids is 1. The maximum atomic E-state index is 12.3. The summed E-state index contributed by atoms with van der Waals surface area (Å²) >= 11 is 0. The molecule has 20 heavy (non-hydrogen) atoms. The smallest absolute Gasteiger partial charge is 0.223 e. The highest BCUT2D eigenvalue weighted by Gasteiger charge is 2.42. The summed E-state index contributed by atoms with van der Waals surface area (Å²) in [6, 6.07) is 8.50. The first-order chi connectivity index (χ1) is 9.72. The van der Waals surface area contributed by atoms with Crippen LogP contribution < -0.4 is 11.1 Å². The molecule has 0 bridgehead atoms. The van der Waals surface area contributed by atoms with E-state index in [0.29, 0.717) is 5.41 Å². The van der Waals surface area contributed by atoms with Crippen LogP contribution in [0.15, 0.2) is 24.3 Å². The van der Waals surface area contributed by atoms with Gasteiger partial charge in [-0.15, -0.1) is 0 Å². The van der Waals surface area contributed by atoms with Crippen molar-refractivity contribution in [2.45, 2.75) is 38.5 Å². The van der Waals surface area contributed by atoms with Crippen molar-refractivity contribution in [2.24, 2.45) is 17.1 Å². The van der Waals surface area contributed by atoms with Gasteiger partial charge in [0.1, 0.15) is 0 Å². The summed E-state index contributed by atoms with van der Waals surface area (Å²) in [5, 5.41) is 3.18. The third kappa shape index (κ3) is 2.88. The van der Waals surface area contributed by atoms with Crippen LogP contribution in [-0.4, -0.2) is 19.0 Å². The lowest BCUT2D eigenvalue weighted by Gasteiger charge is -2.25. The van der Waals surface area contributed by atoms with Crippen molar-refractivity contribution in [3.63, 3.8) is 0 Å². The normalized spacial score (nSPS) is 22.9. The SMILES string of the molecule is NCCC1(CNC(=O)C2CCc3ccccc3C2)CC1. The Morgan fingerprint density at radius 1 is 1.30 bits per heavy atom. The van der Waals surface area contributed by atoms with Gasteiger partial charge in [0.25, 0.3) is 0 Å². The molecule has 0 spiro atoms. The van der Waals surface area contributed by atoms with Gasteiger partial charge < -0.3 is 11.1 Å². The van der Waals surface area contributed by atoms with E-state index in [-0.39, 0.29) is 11.8 Å². The minimum atomic E-state index is 0.151. The van der Waals surface area contributed by atoms with Crippen LogP contribution in [0.2, 0.25) is 0 Å². The summed E-state index contributed by atoms with van der Waals surface area (Å²) in [6.07, 6.45) is 6.39. The van der Waals surface area contributed by atoms with E-state index in [1.807, 2.05) is 0 Å². The van der Waals surface area contributed by atoms with Crippen molar-refractivity contribution in [1.29, 1.82) is 0 Å². The van der Waals surface area contributed by atoms with Crippen LogP contribution in [0.4, 0.5) is 0 Å². The van der Waals surface area contributed by atoms with Gasteiger partial charge in [0.2, 0.25) is 5.91 Å². The van der Waals surface area contributed by atoms with Crippen molar-refractivity contribution in [3.05, 3.63) is 35.4 Å². The highest BCUT2D eigenvalue weighted by atomic mass is 16.1. The maximum absolute atomic E-state index is 12.3. The molecule has 3 rings (SSSR count). The number of aryl methyl sites for hydroxylation is 1. The Hall–Kier alpha value is -1.35. The van der Waals surface area contributed by atoms with E-state index in [9.17, 15) is 4.79 Å². The molecule has 0 aromatic heterocycles. The summed E-state index contributed by atoms with van der Waals surface area (Å²) in [7, 11) is 0. The summed E-state index contributed by atoms with van der Waals surface area (Å²) < 4.78 is 0. The van der Waals surface area contributed by atoms with E-state index in [1.54, 1.807) is 0 Å². The molecule has 1 aromatic rings. The van der Waals surface area contributed by atoms with E-state index in [1.165, 1.54) is 24.0 Å². The minimum absolute atomic E-state index is 0.151. The van der Waals surface area contributed by atoms with Crippen LogP contribution in [-0.2, 0) is 17.6 Å². The lowest BCUT2D eigenvalue weighted by Crippen LogP contribution is -2.37. The second-order valence-electron chi connectivity index (χ2n) is 6.46. The standard InChI is InChI=1S/C17H24N2O/c18-10-9-17(7-8-17)12-19-16(20)15-6-5-13-3-1-2-4-14(13)11-15/h1-4,15H,5-12,18H2,(H,19,20). The molecule has 2 aliphatic carbocycles. The second-order valence-corrected chi connectivity index (χ2v) is 6.46. The third-order valence-corrected chi connectivity index (χ3v) is 4.99. The Morgan fingerprint density at radius 3 is 2.75 bits per heavy atom. The fourth-order valence-corrected chi connectivity index (χ4v) is 3.34. The number of hydrogen-bond donors (Lipinski definition) is 2. The molecule has 1 unspecified atom stereocenters. The van der Waals surface area contributed by atoms with E-state index >= 15 is 0 Å². The summed E-state index contributed by atoms with van der Waals surface area (Å²) in [6.45, 7) is 1.55. The average Bonchev–Trinajstić information content (AvgIpc) is 3.25. The highest BCUT2D eigenvalue weighted by molar-refractivity contribution is 5.79. The van der Waals surface area contributed by atoms with Gasteiger partial charge in [-0.25, -0.2) is 0 Å². The Morgan fingerprint density at radius 2 is 2.05 bits per heavy atom. The Labute approximate surface area is 120 Å². The van der Waals surface area contributed by atoms with E-state index < -0.39 is 0 Å². The summed E-state index contributed by atoms with van der Waals surface area (Å²) in [5.74, 6) is 0.390. The van der Waals surface area contributed by atoms with Gasteiger partial charge in [-0.05, 0) is 61.6 Å². The number of fused-ring (bicyclic) bond motifs is 1. The van der Waals surface area contributed by atoms with Gasteiger partial charge in [-0.3, -0.25) is 4.79 Å². The molecule has 0 aliphatic heterocycles. The van der Waals surface area contributed by atoms with Crippen molar-refractivity contribution in [3.8, 4) is 0 Å². The number of nitrogens with two attached hydrogens (primary N) is 1. The number of benzene rings is 1. The van der Waals surface area contributed by atoms with Crippen LogP contribution in [0, 0.1) is 11.3 Å². The van der Waals surface area contributed by atoms with Crippen molar-refractivity contribution >= 4 is 5.91 Å². The lowest BCUT2D eigenvalue weighted by atomic mass is 9.83. The molecule has 1 saturated carbocycles. The molecule has 3 N–H and O–H groups in total. The molecular weight excluding hydrogens is 248 g/mol. The van der Waals surface area contributed by atoms with Crippen LogP contribution in [0.25, 0.3) is 0 Å². The monoisotopic (exact) mass is 272 g/mol. The van der Waals surface area contributed by atoms with Gasteiger partial charge in [-0.2, -0.15) is 0 Å². The third-order valence-electron chi connectivity index (χ3n) is 4.99. The van der Waals surface area contributed by atoms with Crippen LogP contribution in [0.5, 0.6) is 0 Å². The number of hydrogen-bond acceptors (Lipinski definition) is 2. The molecule has 0 radical (unpaired) electrons. The van der Waals surface area contributed by atoms with Gasteiger partial charge in [0.05, 0.1) is 0 Å². The van der Waals surface area contributed by atoms with Crippen molar-refractivity contribution < 1.29 is 4.79 Å². The zero-order chi connectivity index (χ0) is 14.0. The van der Waals surface area contributed by atoms with Gasteiger partial charge >= 0.3 is 0 Å². The molecule has 3 nitrogen and oxygen atoms in total. The van der Waals surface area contributed by atoms with Crippen LogP contribution >= 0.6 is 0 Å². The molecular formula is C17H24N2O. The molecule has 3 heteroatoms. The largest absolute Gasteiger partial charge is 0.355 e. The maximum Gasteiger partial charge on any atom is 0.223 e. The zero-order valence-corrected chi connectivity index (χ0v) is 12.0. The number of rotatable bonds is 5. The molecule has 1 fully saturated rings. The highest BCUT2D eigenvalue weighted by Crippen LogP contribution is 2.47. The predicted molar refractivity (Wildman–Crippen MR) is 80.3 cm³/mol. The first-order valence-corrected chi connectivity index (χ1v) is 7.77. The van der Waals surface area contributed by atoms with Gasteiger partial charge in [0.15, 0.2) is 0 Å². The molecule has 1 aromatic carbocycles. The van der Waals surface area contributed by atoms with E-state index in [4.69, 9.17) is 5.73 Å². The molecule has 1 atom stereocenters. The van der Waals surface area contributed by atoms with Crippen LogP contribution in [0.3, 0.4) is 0 Å². The second kappa shape index (κ2) is 5.57. The molecule has 0 heterocycles. The van der Waals surface area contributed by atoms with Gasteiger partial charge in [0, 0.05) is 12.5 Å². The fourth-order valence-electron chi connectivity index (χ4n) is 3.34. The Balaban J connectivity index is 1.54. The quantitative estimate of drug-likeness (QED) is 0.862. The molecule has 2 aliphatic rings. The first kappa shape index (κ1) is 13.6. The number of carbonyl (C=O) groups is 1. The van der Waals surface area contributed by atoms with Crippen LogP contribution in [0.1, 0.15) is 36.8 Å². The van der Waals surface area contributed by atoms with E-state index in [0.717, 1.165) is 38.8 Å². The Kier molecular flexibility index (Phi) is 3.79. The topological polar surface area (TPSA) is 55.1 Å². The molecule has 108 valence electrons.